The van der Waals surface area contributed by atoms with E-state index in [4.69, 9.17) is 0 Å². The van der Waals surface area contributed by atoms with Crippen molar-refractivity contribution in [2.24, 2.45) is 0 Å². The molecule has 1 atom stereocenters. The van der Waals surface area contributed by atoms with E-state index in [1.54, 1.807) is 12.1 Å². The van der Waals surface area contributed by atoms with E-state index < -0.39 is 10.0 Å². The van der Waals surface area contributed by atoms with Gasteiger partial charge >= 0.3 is 0 Å². The summed E-state index contributed by atoms with van der Waals surface area (Å²) < 4.78 is 28.3. The molecule has 0 saturated carbocycles. The number of carbonyl (C=O) groups excluding carboxylic acids is 2. The molecule has 35 heavy (non-hydrogen) atoms. The minimum Gasteiger partial charge on any atom is -0.358 e. The van der Waals surface area contributed by atoms with Gasteiger partial charge in [0.25, 0.3) is 0 Å². The van der Waals surface area contributed by atoms with E-state index in [2.05, 4.69) is 10.2 Å². The first-order valence-corrected chi connectivity index (χ1v) is 13.9. The number of piperidine rings is 2. The van der Waals surface area contributed by atoms with Crippen LogP contribution < -0.4 is 15.1 Å². The van der Waals surface area contributed by atoms with Crippen LogP contribution in [-0.4, -0.2) is 56.8 Å². The molecular weight excluding hydrogens is 464 g/mol. The maximum atomic E-state index is 13.6. The van der Waals surface area contributed by atoms with E-state index in [0.29, 0.717) is 24.5 Å². The zero-order valence-corrected chi connectivity index (χ0v) is 20.9. The number of rotatable bonds is 5. The van der Waals surface area contributed by atoms with Gasteiger partial charge in [-0.15, -0.1) is 0 Å². The highest BCUT2D eigenvalue weighted by atomic mass is 32.2. The minimum absolute atomic E-state index is 0.149. The maximum Gasteiger partial charge on any atom is 0.250 e. The van der Waals surface area contributed by atoms with Crippen LogP contribution >= 0.6 is 0 Å². The van der Waals surface area contributed by atoms with Gasteiger partial charge in [0.15, 0.2) is 0 Å². The maximum absolute atomic E-state index is 13.6. The highest BCUT2D eigenvalue weighted by Gasteiger charge is 2.41. The number of nitrogens with zero attached hydrogens (tertiary/aromatic N) is 3. The largest absolute Gasteiger partial charge is 0.358 e. The Kier molecular flexibility index (Phi) is 6.55. The molecule has 8 nitrogen and oxygen atoms in total. The third-order valence-electron chi connectivity index (χ3n) is 7.19. The third-order valence-corrected chi connectivity index (χ3v) is 9.09. The van der Waals surface area contributed by atoms with Crippen molar-refractivity contribution in [1.82, 2.24) is 4.31 Å². The Morgan fingerprint density at radius 1 is 0.943 bits per heavy atom. The lowest BCUT2D eigenvalue weighted by atomic mass is 9.96. The average molecular weight is 497 g/mol. The van der Waals surface area contributed by atoms with Gasteiger partial charge in [-0.25, -0.2) is 8.42 Å². The number of sulfonamides is 1. The fourth-order valence-corrected chi connectivity index (χ4v) is 6.83. The van der Waals surface area contributed by atoms with Crippen molar-refractivity contribution in [3.8, 4) is 0 Å². The lowest BCUT2D eigenvalue weighted by molar-refractivity contribution is -0.123. The van der Waals surface area contributed by atoms with Crippen molar-refractivity contribution in [3.05, 3.63) is 48.0 Å². The first-order chi connectivity index (χ1) is 16.8. The summed E-state index contributed by atoms with van der Waals surface area (Å²) in [5.41, 5.74) is 3.05. The molecule has 2 saturated heterocycles. The molecule has 3 aliphatic rings. The quantitative estimate of drug-likeness (QED) is 0.684. The summed E-state index contributed by atoms with van der Waals surface area (Å²) in [6.07, 6.45) is 5.39. The van der Waals surface area contributed by atoms with E-state index in [-0.39, 0.29) is 29.3 Å². The Balaban J connectivity index is 1.48. The standard InChI is InChI=1S/C26H32N4O4S/c1-19-8-10-20(11-9-19)27-25(31)18-30-24-17-21(35(33,34)28-14-4-2-5-15-28)12-13-22(24)29-16-6-3-7-23(29)26(30)32/h8-13,17,23H,2-7,14-16,18H2,1H3,(H,27,31). The highest BCUT2D eigenvalue weighted by molar-refractivity contribution is 7.89. The summed E-state index contributed by atoms with van der Waals surface area (Å²) in [5, 5.41) is 2.86. The summed E-state index contributed by atoms with van der Waals surface area (Å²) in [6, 6.07) is 12.2. The Hall–Kier alpha value is -2.91. The average Bonchev–Trinajstić information content (AvgIpc) is 2.88. The molecule has 1 N–H and O–H groups in total. The second kappa shape index (κ2) is 9.62. The fraction of sp³-hybridized carbons (Fsp3) is 0.462. The molecule has 0 radical (unpaired) electrons. The van der Waals surface area contributed by atoms with Gasteiger partial charge < -0.3 is 10.2 Å². The zero-order chi connectivity index (χ0) is 24.6. The number of carbonyl (C=O) groups is 2. The Labute approximate surface area is 206 Å². The molecule has 5 rings (SSSR count). The van der Waals surface area contributed by atoms with E-state index in [9.17, 15) is 18.0 Å². The normalized spacial score (nSPS) is 20.8. The second-order valence-corrected chi connectivity index (χ2v) is 11.6. The number of fused-ring (bicyclic) bond motifs is 3. The van der Waals surface area contributed by atoms with Crippen molar-refractivity contribution < 1.29 is 18.0 Å². The number of amides is 2. The van der Waals surface area contributed by atoms with Crippen molar-refractivity contribution in [2.75, 3.05) is 41.3 Å². The van der Waals surface area contributed by atoms with Gasteiger partial charge in [-0.05, 0) is 69.4 Å². The predicted molar refractivity (Wildman–Crippen MR) is 136 cm³/mol. The number of aryl methyl sites for hydroxylation is 1. The number of anilines is 3. The van der Waals surface area contributed by atoms with E-state index in [1.807, 2.05) is 37.3 Å². The summed E-state index contributed by atoms with van der Waals surface area (Å²) in [5.74, 6) is -0.467. The number of nitrogens with one attached hydrogen (secondary N) is 1. The van der Waals surface area contributed by atoms with Crippen LogP contribution in [0.1, 0.15) is 44.1 Å². The molecule has 2 aromatic carbocycles. The van der Waals surface area contributed by atoms with Gasteiger partial charge in [0, 0.05) is 25.3 Å². The summed E-state index contributed by atoms with van der Waals surface area (Å²) >= 11 is 0. The third kappa shape index (κ3) is 4.67. The van der Waals surface area contributed by atoms with Crippen LogP contribution in [-0.2, 0) is 19.6 Å². The van der Waals surface area contributed by atoms with Crippen LogP contribution in [0.2, 0.25) is 0 Å². The first-order valence-electron chi connectivity index (χ1n) is 12.4. The van der Waals surface area contributed by atoms with Gasteiger partial charge in [-0.2, -0.15) is 4.31 Å². The topological polar surface area (TPSA) is 90.0 Å². The predicted octanol–water partition coefficient (Wildman–Crippen LogP) is 3.51. The SMILES string of the molecule is Cc1ccc(NC(=O)CN2C(=O)C3CCCCN3c3ccc(S(=O)(=O)N4CCCCC4)cc32)cc1. The van der Waals surface area contributed by atoms with Crippen LogP contribution in [0.3, 0.4) is 0 Å². The highest BCUT2D eigenvalue weighted by Crippen LogP contribution is 2.41. The molecule has 2 amide bonds. The molecule has 3 aliphatic heterocycles. The monoisotopic (exact) mass is 496 g/mol. The number of hydrogen-bond acceptors (Lipinski definition) is 5. The van der Waals surface area contributed by atoms with Gasteiger partial charge in [0.1, 0.15) is 12.6 Å². The lowest BCUT2D eigenvalue weighted by Gasteiger charge is -2.45. The van der Waals surface area contributed by atoms with E-state index in [0.717, 1.165) is 56.3 Å². The van der Waals surface area contributed by atoms with E-state index >= 15 is 0 Å². The lowest BCUT2D eigenvalue weighted by Crippen LogP contribution is -2.56. The van der Waals surface area contributed by atoms with Gasteiger partial charge in [-0.3, -0.25) is 14.5 Å². The van der Waals surface area contributed by atoms with Crippen molar-refractivity contribution in [2.45, 2.75) is 56.4 Å². The van der Waals surface area contributed by atoms with Crippen LogP contribution in [0, 0.1) is 6.92 Å². The Bertz CT molecular complexity index is 1220. The second-order valence-electron chi connectivity index (χ2n) is 9.66. The Morgan fingerprint density at radius 2 is 1.66 bits per heavy atom. The smallest absolute Gasteiger partial charge is 0.250 e. The molecule has 0 bridgehead atoms. The van der Waals surface area contributed by atoms with Crippen molar-refractivity contribution in [3.63, 3.8) is 0 Å². The summed E-state index contributed by atoms with van der Waals surface area (Å²) in [4.78, 5) is 30.2. The summed E-state index contributed by atoms with van der Waals surface area (Å²) in [7, 11) is -3.67. The van der Waals surface area contributed by atoms with Crippen LogP contribution in [0.4, 0.5) is 17.1 Å². The molecule has 0 aromatic heterocycles. The molecule has 1 unspecified atom stereocenters. The molecule has 3 heterocycles. The minimum atomic E-state index is -3.67. The van der Waals surface area contributed by atoms with Crippen LogP contribution in [0.25, 0.3) is 0 Å². The zero-order valence-electron chi connectivity index (χ0n) is 20.1. The van der Waals surface area contributed by atoms with Crippen LogP contribution in [0.15, 0.2) is 47.4 Å². The first kappa shape index (κ1) is 23.8. The molecule has 186 valence electrons. The molecule has 0 aliphatic carbocycles. The van der Waals surface area contributed by atoms with Gasteiger partial charge in [0.05, 0.1) is 16.3 Å². The fourth-order valence-electron chi connectivity index (χ4n) is 5.30. The van der Waals surface area contributed by atoms with Gasteiger partial charge in [-0.1, -0.05) is 24.1 Å². The van der Waals surface area contributed by atoms with Crippen LogP contribution in [0.5, 0.6) is 0 Å². The number of benzene rings is 2. The van der Waals surface area contributed by atoms with Crippen molar-refractivity contribution >= 4 is 38.9 Å². The summed E-state index contributed by atoms with van der Waals surface area (Å²) in [6.45, 7) is 3.56. The Morgan fingerprint density at radius 3 is 2.40 bits per heavy atom. The van der Waals surface area contributed by atoms with Crippen molar-refractivity contribution in [1.29, 1.82) is 0 Å². The molecule has 9 heteroatoms. The molecular formula is C26H32N4O4S. The molecule has 2 fully saturated rings. The number of hydrogen-bond donors (Lipinski definition) is 1. The molecule has 0 spiro atoms. The molecule has 2 aromatic rings. The van der Waals surface area contributed by atoms with Gasteiger partial charge in [0.2, 0.25) is 21.8 Å². The van der Waals surface area contributed by atoms with E-state index in [1.165, 1.54) is 9.21 Å².